The van der Waals surface area contributed by atoms with Crippen LogP contribution in [0.1, 0.15) is 26.4 Å². The largest absolute Gasteiger partial charge is 0.506 e. The Labute approximate surface area is 127 Å². The number of pyridine rings is 1. The highest BCUT2D eigenvalue weighted by Crippen LogP contribution is 2.23. The molecule has 22 heavy (non-hydrogen) atoms. The highest BCUT2D eigenvalue weighted by molar-refractivity contribution is 6.03. The van der Waals surface area contributed by atoms with Gasteiger partial charge in [-0.25, -0.2) is 4.98 Å². The Hall–Kier alpha value is -3.01. The highest BCUT2D eigenvalue weighted by Gasteiger charge is 2.15. The van der Waals surface area contributed by atoms with E-state index in [1.54, 1.807) is 30.3 Å². The van der Waals surface area contributed by atoms with Gasteiger partial charge in [-0.15, -0.1) is 0 Å². The average molecular weight is 291 g/mol. The molecule has 0 aliphatic heterocycles. The van der Waals surface area contributed by atoms with E-state index in [-0.39, 0.29) is 18.0 Å². The molecular formula is C18H13NO3. The molecule has 0 unspecified atom stereocenters. The summed E-state index contributed by atoms with van der Waals surface area (Å²) < 4.78 is 0. The first-order valence-electron chi connectivity index (χ1n) is 6.84. The second-order valence-electron chi connectivity index (χ2n) is 4.95. The molecule has 2 aromatic carbocycles. The minimum Gasteiger partial charge on any atom is -0.506 e. The van der Waals surface area contributed by atoms with Crippen molar-refractivity contribution >= 4 is 23.0 Å². The third kappa shape index (κ3) is 2.59. The van der Waals surface area contributed by atoms with Gasteiger partial charge in [-0.3, -0.25) is 9.59 Å². The third-order valence-corrected chi connectivity index (χ3v) is 3.50. The van der Waals surface area contributed by atoms with Gasteiger partial charge in [-0.05, 0) is 12.1 Å². The standard InChI is InChI=1S/C18H13NO3/c20-11-13-6-1-3-7-14(13)17(21)10-16-18(22)9-12-5-2-4-8-15(12)19-16/h1-9,11,22H,10H2. The first-order valence-corrected chi connectivity index (χ1v) is 6.84. The molecule has 0 bridgehead atoms. The van der Waals surface area contributed by atoms with Crippen LogP contribution in [0.2, 0.25) is 0 Å². The number of aromatic hydroxyl groups is 1. The fraction of sp³-hybridized carbons (Fsp3) is 0.0556. The molecule has 0 spiro atoms. The molecule has 1 N–H and O–H groups in total. The number of hydrogen-bond donors (Lipinski definition) is 1. The van der Waals surface area contributed by atoms with Crippen molar-refractivity contribution in [3.63, 3.8) is 0 Å². The van der Waals surface area contributed by atoms with Crippen molar-refractivity contribution in [2.75, 3.05) is 0 Å². The van der Waals surface area contributed by atoms with Gasteiger partial charge >= 0.3 is 0 Å². The smallest absolute Gasteiger partial charge is 0.169 e. The number of hydrogen-bond acceptors (Lipinski definition) is 4. The lowest BCUT2D eigenvalue weighted by atomic mass is 10.0. The summed E-state index contributed by atoms with van der Waals surface area (Å²) in [5.41, 5.74) is 1.70. The number of ketones is 1. The normalized spacial score (nSPS) is 10.5. The molecule has 0 saturated carbocycles. The van der Waals surface area contributed by atoms with Crippen molar-refractivity contribution in [3.05, 3.63) is 71.4 Å². The van der Waals surface area contributed by atoms with E-state index in [2.05, 4.69) is 4.98 Å². The monoisotopic (exact) mass is 291 g/mol. The summed E-state index contributed by atoms with van der Waals surface area (Å²) in [6.07, 6.45) is 0.600. The van der Waals surface area contributed by atoms with E-state index in [1.807, 2.05) is 24.3 Å². The van der Waals surface area contributed by atoms with Crippen LogP contribution in [0.15, 0.2) is 54.6 Å². The van der Waals surface area contributed by atoms with Gasteiger partial charge in [0, 0.05) is 16.5 Å². The van der Waals surface area contributed by atoms with Gasteiger partial charge in [0.2, 0.25) is 0 Å². The predicted molar refractivity (Wildman–Crippen MR) is 83.3 cm³/mol. The van der Waals surface area contributed by atoms with Crippen molar-refractivity contribution < 1.29 is 14.7 Å². The Morgan fingerprint density at radius 1 is 1.09 bits per heavy atom. The zero-order chi connectivity index (χ0) is 15.5. The highest BCUT2D eigenvalue weighted by atomic mass is 16.3. The summed E-state index contributed by atoms with van der Waals surface area (Å²) in [7, 11) is 0. The number of carbonyl (C=O) groups is 2. The Bertz CT molecular complexity index is 871. The summed E-state index contributed by atoms with van der Waals surface area (Å²) in [5, 5.41) is 10.9. The number of benzene rings is 2. The number of rotatable bonds is 4. The Kier molecular flexibility index (Phi) is 3.66. The molecular weight excluding hydrogens is 278 g/mol. The number of nitrogens with zero attached hydrogens (tertiary/aromatic N) is 1. The van der Waals surface area contributed by atoms with Crippen LogP contribution < -0.4 is 0 Å². The van der Waals surface area contributed by atoms with E-state index in [4.69, 9.17) is 0 Å². The van der Waals surface area contributed by atoms with E-state index >= 15 is 0 Å². The topological polar surface area (TPSA) is 67.3 Å². The number of aldehydes is 1. The fourth-order valence-corrected chi connectivity index (χ4v) is 2.38. The quantitative estimate of drug-likeness (QED) is 0.592. The van der Waals surface area contributed by atoms with Crippen LogP contribution in [0.5, 0.6) is 5.75 Å². The van der Waals surface area contributed by atoms with Gasteiger partial charge in [0.15, 0.2) is 12.1 Å². The summed E-state index contributed by atoms with van der Waals surface area (Å²) in [5.74, 6) is -0.267. The maximum atomic E-state index is 12.4. The summed E-state index contributed by atoms with van der Waals surface area (Å²) in [6, 6.07) is 15.6. The average Bonchev–Trinajstić information content (AvgIpc) is 2.55. The second kappa shape index (κ2) is 5.77. The van der Waals surface area contributed by atoms with E-state index in [9.17, 15) is 14.7 Å². The van der Waals surface area contributed by atoms with Crippen LogP contribution in [0.3, 0.4) is 0 Å². The molecule has 0 radical (unpaired) electrons. The Morgan fingerprint density at radius 2 is 1.82 bits per heavy atom. The van der Waals surface area contributed by atoms with Crippen molar-refractivity contribution in [1.29, 1.82) is 0 Å². The molecule has 4 nitrogen and oxygen atoms in total. The molecule has 3 aromatic rings. The maximum absolute atomic E-state index is 12.4. The predicted octanol–water partition coefficient (Wildman–Crippen LogP) is 3.18. The van der Waals surface area contributed by atoms with Crippen molar-refractivity contribution in [3.8, 4) is 5.75 Å². The third-order valence-electron chi connectivity index (χ3n) is 3.50. The lowest BCUT2D eigenvalue weighted by Crippen LogP contribution is -2.08. The SMILES string of the molecule is O=Cc1ccccc1C(=O)Cc1nc2ccccc2cc1O. The van der Waals surface area contributed by atoms with E-state index in [0.29, 0.717) is 28.6 Å². The number of aromatic nitrogens is 1. The number of Topliss-reactive ketones (excluding diaryl/α,β-unsaturated/α-hetero) is 1. The van der Waals surface area contributed by atoms with Crippen LogP contribution in [-0.2, 0) is 6.42 Å². The maximum Gasteiger partial charge on any atom is 0.169 e. The molecule has 108 valence electrons. The molecule has 3 rings (SSSR count). The minimum absolute atomic E-state index is 0.0179. The van der Waals surface area contributed by atoms with Crippen LogP contribution in [0.25, 0.3) is 10.9 Å². The van der Waals surface area contributed by atoms with Gasteiger partial charge in [0.25, 0.3) is 0 Å². The van der Waals surface area contributed by atoms with Crippen molar-refractivity contribution in [2.24, 2.45) is 0 Å². The van der Waals surface area contributed by atoms with Gasteiger partial charge in [-0.2, -0.15) is 0 Å². The van der Waals surface area contributed by atoms with E-state index in [1.165, 1.54) is 0 Å². The second-order valence-corrected chi connectivity index (χ2v) is 4.95. The number of para-hydroxylation sites is 1. The first kappa shape index (κ1) is 13.9. The van der Waals surface area contributed by atoms with Gasteiger partial charge < -0.3 is 5.11 Å². The summed E-state index contributed by atoms with van der Waals surface area (Å²) in [6.45, 7) is 0. The van der Waals surface area contributed by atoms with Crippen LogP contribution >= 0.6 is 0 Å². The van der Waals surface area contributed by atoms with E-state index < -0.39 is 0 Å². The minimum atomic E-state index is -0.249. The fourth-order valence-electron chi connectivity index (χ4n) is 2.38. The molecule has 1 heterocycles. The Balaban J connectivity index is 1.97. The van der Waals surface area contributed by atoms with Crippen molar-refractivity contribution in [2.45, 2.75) is 6.42 Å². The summed E-state index contributed by atoms with van der Waals surface area (Å²) >= 11 is 0. The Morgan fingerprint density at radius 3 is 2.64 bits per heavy atom. The zero-order valence-corrected chi connectivity index (χ0v) is 11.7. The van der Waals surface area contributed by atoms with E-state index in [0.717, 1.165) is 5.39 Å². The molecule has 1 aromatic heterocycles. The van der Waals surface area contributed by atoms with Crippen molar-refractivity contribution in [1.82, 2.24) is 4.98 Å². The molecule has 0 fully saturated rings. The molecule has 0 atom stereocenters. The molecule has 0 amide bonds. The number of carbonyl (C=O) groups excluding carboxylic acids is 2. The molecule has 0 aliphatic rings. The lowest BCUT2D eigenvalue weighted by Gasteiger charge is -2.07. The summed E-state index contributed by atoms with van der Waals surface area (Å²) in [4.78, 5) is 27.7. The molecule has 0 aliphatic carbocycles. The van der Waals surface area contributed by atoms with Gasteiger partial charge in [0.1, 0.15) is 5.75 Å². The molecule has 4 heteroatoms. The van der Waals surface area contributed by atoms with Gasteiger partial charge in [0.05, 0.1) is 17.6 Å². The zero-order valence-electron chi connectivity index (χ0n) is 11.7. The van der Waals surface area contributed by atoms with Crippen LogP contribution in [0.4, 0.5) is 0 Å². The van der Waals surface area contributed by atoms with Crippen LogP contribution in [0, 0.1) is 0 Å². The molecule has 0 saturated heterocycles. The first-order chi connectivity index (χ1) is 10.7. The van der Waals surface area contributed by atoms with Crippen LogP contribution in [-0.4, -0.2) is 22.2 Å². The van der Waals surface area contributed by atoms with Gasteiger partial charge in [-0.1, -0.05) is 42.5 Å². The number of fused-ring (bicyclic) bond motifs is 1. The lowest BCUT2D eigenvalue weighted by molar-refractivity contribution is 0.0984.